The molecule has 0 saturated carbocycles. The number of hydrogen-bond acceptors (Lipinski definition) is 4. The number of nitrogens with two attached hydrogens (primary N) is 1. The first kappa shape index (κ1) is 12.4. The second kappa shape index (κ2) is 4.05. The Hall–Kier alpha value is -1.69. The molecule has 6 nitrogen and oxygen atoms in total. The van der Waals surface area contributed by atoms with E-state index in [-0.39, 0.29) is 0 Å². The van der Waals surface area contributed by atoms with Crippen LogP contribution in [0.25, 0.3) is 0 Å². The molecule has 0 spiro atoms. The number of nitrogens with zero attached hydrogens (tertiary/aromatic N) is 1. The number of carbonyl (C=O) groups excluding carboxylic acids is 3. The highest BCUT2D eigenvalue weighted by Gasteiger charge is 2.42. The first-order valence-electron chi connectivity index (χ1n) is 4.89. The predicted octanol–water partition coefficient (Wildman–Crippen LogP) is -0.889. The molecule has 1 atom stereocenters. The Morgan fingerprint density at radius 2 is 1.81 bits per heavy atom. The van der Waals surface area contributed by atoms with Gasteiger partial charge in [-0.2, -0.15) is 0 Å². The largest absolute Gasteiger partial charge is 0.339 e. The molecule has 88 valence electrons. The van der Waals surface area contributed by atoms with Gasteiger partial charge >= 0.3 is 0 Å². The maximum Gasteiger partial charge on any atom is 0.254 e. The maximum absolute atomic E-state index is 11.8. The summed E-state index contributed by atoms with van der Waals surface area (Å²) in [7, 11) is 0. The van der Waals surface area contributed by atoms with Gasteiger partial charge in [0.25, 0.3) is 11.8 Å². The Balaban J connectivity index is 2.89. The van der Waals surface area contributed by atoms with Crippen molar-refractivity contribution in [2.75, 3.05) is 0 Å². The van der Waals surface area contributed by atoms with Gasteiger partial charge < -0.3 is 11.1 Å². The molecule has 0 radical (unpaired) electrons. The minimum Gasteiger partial charge on any atom is -0.339 e. The molecule has 0 bridgehead atoms. The standard InChI is InChI=1S/C10H15N3O3/c1-6(11)12-9(16)10(2,3)13-7(14)4-5-8(13)15/h4-6H,11H2,1-3H3,(H,12,16). The molecule has 0 aromatic heterocycles. The lowest BCUT2D eigenvalue weighted by Gasteiger charge is -2.32. The average molecular weight is 225 g/mol. The van der Waals surface area contributed by atoms with Crippen LogP contribution in [0.1, 0.15) is 20.8 Å². The van der Waals surface area contributed by atoms with Crippen molar-refractivity contribution < 1.29 is 14.4 Å². The Bertz CT molecular complexity index is 354. The van der Waals surface area contributed by atoms with Crippen LogP contribution in [0.2, 0.25) is 0 Å². The van der Waals surface area contributed by atoms with Gasteiger partial charge in [-0.3, -0.25) is 19.3 Å². The summed E-state index contributed by atoms with van der Waals surface area (Å²) in [6.45, 7) is 4.58. The molecule has 3 amide bonds. The van der Waals surface area contributed by atoms with Crippen molar-refractivity contribution in [2.45, 2.75) is 32.5 Å². The predicted molar refractivity (Wildman–Crippen MR) is 56.9 cm³/mol. The Labute approximate surface area is 93.5 Å². The van der Waals surface area contributed by atoms with Crippen LogP contribution in [-0.2, 0) is 14.4 Å². The fourth-order valence-electron chi connectivity index (χ4n) is 1.44. The lowest BCUT2D eigenvalue weighted by molar-refractivity contribution is -0.150. The van der Waals surface area contributed by atoms with E-state index in [1.54, 1.807) is 6.92 Å². The van der Waals surface area contributed by atoms with E-state index < -0.39 is 29.4 Å². The topological polar surface area (TPSA) is 92.5 Å². The summed E-state index contributed by atoms with van der Waals surface area (Å²) < 4.78 is 0. The highest BCUT2D eigenvalue weighted by atomic mass is 16.2. The zero-order valence-electron chi connectivity index (χ0n) is 9.48. The smallest absolute Gasteiger partial charge is 0.254 e. The van der Waals surface area contributed by atoms with Crippen molar-refractivity contribution in [2.24, 2.45) is 5.73 Å². The molecule has 1 aliphatic heterocycles. The first-order chi connectivity index (χ1) is 7.26. The summed E-state index contributed by atoms with van der Waals surface area (Å²) in [6.07, 6.45) is 1.75. The molecule has 1 aliphatic rings. The fraction of sp³-hybridized carbons (Fsp3) is 0.500. The number of amides is 3. The van der Waals surface area contributed by atoms with Crippen molar-refractivity contribution in [1.82, 2.24) is 10.2 Å². The Kier molecular flexibility index (Phi) is 3.14. The van der Waals surface area contributed by atoms with Crippen LogP contribution in [0.3, 0.4) is 0 Å². The fourth-order valence-corrected chi connectivity index (χ4v) is 1.44. The number of carbonyl (C=O) groups is 3. The van der Waals surface area contributed by atoms with E-state index in [0.29, 0.717) is 0 Å². The lowest BCUT2D eigenvalue weighted by atomic mass is 10.0. The molecule has 0 fully saturated rings. The van der Waals surface area contributed by atoms with Crippen LogP contribution < -0.4 is 11.1 Å². The van der Waals surface area contributed by atoms with Gasteiger partial charge in [0, 0.05) is 12.2 Å². The van der Waals surface area contributed by atoms with Gasteiger partial charge in [-0.25, -0.2) is 0 Å². The minimum atomic E-state index is -1.24. The number of rotatable bonds is 3. The Morgan fingerprint density at radius 3 is 2.19 bits per heavy atom. The summed E-state index contributed by atoms with van der Waals surface area (Å²) in [4.78, 5) is 35.6. The highest BCUT2D eigenvalue weighted by Crippen LogP contribution is 2.19. The van der Waals surface area contributed by atoms with Crippen molar-refractivity contribution in [3.63, 3.8) is 0 Å². The molecule has 1 rings (SSSR count). The molecule has 6 heteroatoms. The quantitative estimate of drug-likeness (QED) is 0.481. The van der Waals surface area contributed by atoms with Crippen molar-refractivity contribution in [3.05, 3.63) is 12.2 Å². The second-order valence-corrected chi connectivity index (χ2v) is 4.17. The first-order valence-corrected chi connectivity index (χ1v) is 4.89. The molecular weight excluding hydrogens is 210 g/mol. The number of imide groups is 1. The molecule has 0 aliphatic carbocycles. The van der Waals surface area contributed by atoms with Gasteiger partial charge in [0.05, 0.1) is 6.17 Å². The molecule has 3 N–H and O–H groups in total. The van der Waals surface area contributed by atoms with Crippen LogP contribution in [0.15, 0.2) is 12.2 Å². The lowest BCUT2D eigenvalue weighted by Crippen LogP contribution is -2.59. The third-order valence-electron chi connectivity index (χ3n) is 2.28. The van der Waals surface area contributed by atoms with Crippen molar-refractivity contribution in [1.29, 1.82) is 0 Å². The third kappa shape index (κ3) is 2.11. The van der Waals surface area contributed by atoms with Crippen LogP contribution in [0.4, 0.5) is 0 Å². The highest BCUT2D eigenvalue weighted by molar-refractivity contribution is 6.15. The van der Waals surface area contributed by atoms with E-state index in [4.69, 9.17) is 5.73 Å². The average Bonchev–Trinajstić information content (AvgIpc) is 2.45. The SMILES string of the molecule is CC(N)NC(=O)C(C)(C)N1C(=O)C=CC1=O. The summed E-state index contributed by atoms with van der Waals surface area (Å²) in [6, 6.07) is 0. The van der Waals surface area contributed by atoms with Gasteiger partial charge in [0.1, 0.15) is 5.54 Å². The summed E-state index contributed by atoms with van der Waals surface area (Å²) >= 11 is 0. The third-order valence-corrected chi connectivity index (χ3v) is 2.28. The van der Waals surface area contributed by atoms with E-state index >= 15 is 0 Å². The van der Waals surface area contributed by atoms with Crippen LogP contribution >= 0.6 is 0 Å². The van der Waals surface area contributed by atoms with E-state index in [0.717, 1.165) is 17.1 Å². The van der Waals surface area contributed by atoms with Crippen molar-refractivity contribution in [3.8, 4) is 0 Å². The van der Waals surface area contributed by atoms with Gasteiger partial charge in [0.2, 0.25) is 5.91 Å². The molecule has 0 saturated heterocycles. The zero-order valence-corrected chi connectivity index (χ0v) is 9.48. The number of hydrogen-bond donors (Lipinski definition) is 2. The van der Waals surface area contributed by atoms with E-state index in [9.17, 15) is 14.4 Å². The monoisotopic (exact) mass is 225 g/mol. The van der Waals surface area contributed by atoms with Crippen molar-refractivity contribution >= 4 is 17.7 Å². The van der Waals surface area contributed by atoms with E-state index in [2.05, 4.69) is 5.32 Å². The number of nitrogens with one attached hydrogen (secondary N) is 1. The molecule has 1 heterocycles. The molecule has 0 aromatic carbocycles. The molecule has 1 unspecified atom stereocenters. The Morgan fingerprint density at radius 1 is 1.38 bits per heavy atom. The zero-order chi connectivity index (χ0) is 12.5. The van der Waals surface area contributed by atoms with Gasteiger partial charge in [-0.1, -0.05) is 0 Å². The second-order valence-electron chi connectivity index (χ2n) is 4.17. The minimum absolute atomic E-state index is 0.465. The van der Waals surface area contributed by atoms with Crippen LogP contribution in [-0.4, -0.2) is 34.3 Å². The van der Waals surface area contributed by atoms with Gasteiger partial charge in [-0.05, 0) is 20.8 Å². The summed E-state index contributed by atoms with van der Waals surface area (Å²) in [5, 5.41) is 2.47. The molecule has 0 aromatic rings. The summed E-state index contributed by atoms with van der Waals surface area (Å²) in [5.41, 5.74) is 4.18. The van der Waals surface area contributed by atoms with E-state index in [1.165, 1.54) is 13.8 Å². The summed E-state index contributed by atoms with van der Waals surface area (Å²) in [5.74, 6) is -1.45. The normalized spacial score (nSPS) is 17.9. The van der Waals surface area contributed by atoms with E-state index in [1.807, 2.05) is 0 Å². The van der Waals surface area contributed by atoms with Gasteiger partial charge in [-0.15, -0.1) is 0 Å². The molecule has 16 heavy (non-hydrogen) atoms. The van der Waals surface area contributed by atoms with Gasteiger partial charge in [0.15, 0.2) is 0 Å². The van der Waals surface area contributed by atoms with Crippen LogP contribution in [0, 0.1) is 0 Å². The van der Waals surface area contributed by atoms with Crippen LogP contribution in [0.5, 0.6) is 0 Å². The molecular formula is C10H15N3O3. The maximum atomic E-state index is 11.8.